The van der Waals surface area contributed by atoms with Gasteiger partial charge in [0.1, 0.15) is 0 Å². The van der Waals surface area contributed by atoms with E-state index in [9.17, 15) is 0 Å². The van der Waals surface area contributed by atoms with E-state index in [-0.39, 0.29) is 0 Å². The molecule has 0 atom stereocenters. The van der Waals surface area contributed by atoms with Crippen LogP contribution in [-0.2, 0) is 0 Å². The van der Waals surface area contributed by atoms with Crippen LogP contribution in [0.4, 0.5) is 0 Å². The number of unbranched alkanes of at least 4 members (excludes halogenated alkanes) is 1. The summed E-state index contributed by atoms with van der Waals surface area (Å²) in [6, 6.07) is 0. The Balaban J connectivity index is 2.34. The zero-order valence-electron chi connectivity index (χ0n) is 4.21. The number of rotatable bonds is 3. The summed E-state index contributed by atoms with van der Waals surface area (Å²) in [7, 11) is 0. The fourth-order valence-corrected chi connectivity index (χ4v) is 1.96. The van der Waals surface area contributed by atoms with Crippen LogP contribution in [-0.4, -0.2) is 28.4 Å². The second-order valence-electron chi connectivity index (χ2n) is 1.40. The van der Waals surface area contributed by atoms with E-state index < -0.39 is 0 Å². The minimum atomic E-state index is 0.861. The van der Waals surface area contributed by atoms with Crippen molar-refractivity contribution in [1.82, 2.24) is 0 Å². The van der Waals surface area contributed by atoms with Gasteiger partial charge in [-0.05, 0) is 0 Å². The molecule has 2 heteroatoms. The van der Waals surface area contributed by atoms with Crippen LogP contribution in [0.1, 0.15) is 12.8 Å². The van der Waals surface area contributed by atoms with Crippen molar-refractivity contribution >= 4 is 34.1 Å². The van der Waals surface area contributed by atoms with Gasteiger partial charge in [-0.3, -0.25) is 0 Å². The van der Waals surface area contributed by atoms with E-state index in [4.69, 9.17) is 11.6 Å². The molecule has 0 saturated heterocycles. The van der Waals surface area contributed by atoms with Gasteiger partial charge >= 0.3 is 57.3 Å². The van der Waals surface area contributed by atoms with Crippen LogP contribution in [0.15, 0.2) is 0 Å². The first-order valence-electron chi connectivity index (χ1n) is 2.47. The summed E-state index contributed by atoms with van der Waals surface area (Å²) in [4.78, 5) is 0. The first-order valence-corrected chi connectivity index (χ1v) is 7.05. The summed E-state index contributed by atoms with van der Waals surface area (Å²) in [6.45, 7) is 0. The van der Waals surface area contributed by atoms with Crippen molar-refractivity contribution in [2.45, 2.75) is 17.3 Å². The molecule has 0 aromatic rings. The van der Waals surface area contributed by atoms with Crippen molar-refractivity contribution in [1.29, 1.82) is 0 Å². The Labute approximate surface area is 57.3 Å². The average molecular weight is 213 g/mol. The Morgan fingerprint density at radius 2 is 2.00 bits per heavy atom. The molecule has 0 aliphatic rings. The normalized spacial score (nSPS) is 9.50. The number of alkyl halides is 1. The van der Waals surface area contributed by atoms with Crippen molar-refractivity contribution in [3.8, 4) is 0 Å². The zero-order valence-corrected chi connectivity index (χ0v) is 10.7. The number of hydrogen-bond donors (Lipinski definition) is 0. The van der Waals surface area contributed by atoms with Crippen molar-refractivity contribution in [2.24, 2.45) is 0 Å². The molecule has 0 fully saturated rings. The maximum atomic E-state index is 5.40. The van der Waals surface area contributed by atoms with Crippen molar-refractivity contribution in [2.75, 3.05) is 5.88 Å². The maximum absolute atomic E-state index is 5.40. The summed E-state index contributed by atoms with van der Waals surface area (Å²) in [6.07, 6.45) is 2.61. The van der Waals surface area contributed by atoms with Gasteiger partial charge in [-0.25, -0.2) is 0 Å². The third-order valence-electron chi connectivity index (χ3n) is 0.737. The van der Waals surface area contributed by atoms with Gasteiger partial charge in [-0.15, -0.1) is 0 Å². The van der Waals surface area contributed by atoms with Crippen molar-refractivity contribution in [3.63, 3.8) is 0 Å². The van der Waals surface area contributed by atoms with E-state index in [1.807, 2.05) is 0 Å². The van der Waals surface area contributed by atoms with Gasteiger partial charge < -0.3 is 0 Å². The Kier molecular flexibility index (Phi) is 7.19. The Morgan fingerprint density at radius 1 is 1.33 bits per heavy atom. The van der Waals surface area contributed by atoms with Crippen molar-refractivity contribution in [3.05, 3.63) is 0 Å². The SMILES string of the molecule is ClCCC[CH2][SnH3]. The molecule has 0 aliphatic carbocycles. The fourth-order valence-electron chi connectivity index (χ4n) is 0.344. The molecule has 0 spiro atoms. The van der Waals surface area contributed by atoms with Gasteiger partial charge in [0.25, 0.3) is 0 Å². The first kappa shape index (κ1) is 7.09. The Morgan fingerprint density at radius 3 is 2.17 bits per heavy atom. The molecule has 0 saturated carbocycles. The van der Waals surface area contributed by atoms with E-state index in [0.717, 1.165) is 28.4 Å². The van der Waals surface area contributed by atoms with Crippen LogP contribution in [0.3, 0.4) is 0 Å². The van der Waals surface area contributed by atoms with Gasteiger partial charge in [0, 0.05) is 0 Å². The molecule has 0 nitrogen and oxygen atoms in total. The van der Waals surface area contributed by atoms with Crippen LogP contribution < -0.4 is 0 Å². The third kappa shape index (κ3) is 5.09. The topological polar surface area (TPSA) is 0 Å². The molecular weight excluding hydrogens is 202 g/mol. The average Bonchev–Trinajstić information content (AvgIpc) is 1.61. The molecule has 0 bridgehead atoms. The van der Waals surface area contributed by atoms with Crippen molar-refractivity contribution < 1.29 is 0 Å². The monoisotopic (exact) mass is 214 g/mol. The molecule has 6 heavy (non-hydrogen) atoms. The number of hydrogen-bond acceptors (Lipinski definition) is 0. The molecule has 0 rings (SSSR count). The molecule has 0 amide bonds. The van der Waals surface area contributed by atoms with E-state index in [2.05, 4.69) is 0 Å². The quantitative estimate of drug-likeness (QED) is 0.369. The summed E-state index contributed by atoms with van der Waals surface area (Å²) in [5.74, 6) is 0.861. The fraction of sp³-hybridized carbons (Fsp3) is 1.00. The van der Waals surface area contributed by atoms with Crippen LogP contribution in [0.2, 0.25) is 4.44 Å². The molecular formula is C4H11ClSn. The molecule has 0 N–H and O–H groups in total. The summed E-state index contributed by atoms with van der Waals surface area (Å²) >= 11 is 6.32. The van der Waals surface area contributed by atoms with Gasteiger partial charge in [0.15, 0.2) is 0 Å². The van der Waals surface area contributed by atoms with E-state index in [1.165, 1.54) is 17.3 Å². The molecule has 0 heterocycles. The van der Waals surface area contributed by atoms with Crippen LogP contribution in [0, 0.1) is 0 Å². The molecule has 0 aromatic heterocycles. The summed E-state index contributed by atoms with van der Waals surface area (Å²) in [5, 5.41) is 0. The molecule has 38 valence electrons. The van der Waals surface area contributed by atoms with E-state index >= 15 is 0 Å². The summed E-state index contributed by atoms with van der Waals surface area (Å²) < 4.78 is 1.48. The predicted molar refractivity (Wildman–Crippen MR) is 34.7 cm³/mol. The molecule has 0 aliphatic heterocycles. The van der Waals surface area contributed by atoms with Crippen LogP contribution >= 0.6 is 11.6 Å². The molecule has 0 radical (unpaired) electrons. The van der Waals surface area contributed by atoms with Gasteiger partial charge in [-0.1, -0.05) is 0 Å². The van der Waals surface area contributed by atoms with Gasteiger partial charge in [0.05, 0.1) is 0 Å². The van der Waals surface area contributed by atoms with E-state index in [1.54, 1.807) is 0 Å². The third-order valence-corrected chi connectivity index (χ3v) is 3.02. The van der Waals surface area contributed by atoms with Gasteiger partial charge in [0.2, 0.25) is 0 Å². The number of halogens is 1. The standard InChI is InChI=1S/C4H8Cl.Sn.3H/c1-2-3-4-5;;;;/h1-4H2;;;;. The van der Waals surface area contributed by atoms with Crippen LogP contribution in [0.5, 0.6) is 0 Å². The first-order chi connectivity index (χ1) is 2.91. The Bertz CT molecular complexity index is 19.5. The minimum absolute atomic E-state index is 0.861. The predicted octanol–water partition coefficient (Wildman–Crippen LogP) is 0.789. The second-order valence-corrected chi connectivity index (χ2v) is 4.63. The Hall–Kier alpha value is 1.09. The van der Waals surface area contributed by atoms with Crippen LogP contribution in [0.25, 0.3) is 0 Å². The molecule has 0 unspecified atom stereocenters. The van der Waals surface area contributed by atoms with Gasteiger partial charge in [-0.2, -0.15) is 0 Å². The molecule has 0 aromatic carbocycles. The van der Waals surface area contributed by atoms with E-state index in [0.29, 0.717) is 0 Å². The second kappa shape index (κ2) is 6.09. The zero-order chi connectivity index (χ0) is 4.83. The summed E-state index contributed by atoms with van der Waals surface area (Å²) in [5.41, 5.74) is 0.